The van der Waals surface area contributed by atoms with Crippen molar-refractivity contribution in [2.75, 3.05) is 6.54 Å². The number of hydrogen-bond acceptors (Lipinski definition) is 1. The average molecular weight is 287 g/mol. The fraction of sp³-hybridized carbons (Fsp3) is 0.286. The van der Waals surface area contributed by atoms with Gasteiger partial charge in [0.15, 0.2) is 0 Å². The highest BCUT2D eigenvalue weighted by Gasteiger charge is 2.30. The van der Waals surface area contributed by atoms with E-state index >= 15 is 0 Å². The lowest BCUT2D eigenvalue weighted by atomic mass is 9.90. The summed E-state index contributed by atoms with van der Waals surface area (Å²) in [4.78, 5) is 4.82. The molecular formula is C21H21N. The molecule has 1 atom stereocenters. The summed E-state index contributed by atoms with van der Waals surface area (Å²) in [5.74, 6) is 1.45. The highest BCUT2D eigenvalue weighted by molar-refractivity contribution is 6.10. The molecule has 1 heterocycles. The number of aliphatic imine (C=N–C) groups is 1. The van der Waals surface area contributed by atoms with E-state index in [4.69, 9.17) is 4.99 Å². The summed E-state index contributed by atoms with van der Waals surface area (Å²) in [6, 6.07) is 19.3. The number of hydrogen-bond donors (Lipinski definition) is 0. The van der Waals surface area contributed by atoms with Gasteiger partial charge < -0.3 is 0 Å². The Morgan fingerprint density at radius 1 is 0.864 bits per heavy atom. The van der Waals surface area contributed by atoms with Crippen molar-refractivity contribution in [1.82, 2.24) is 0 Å². The zero-order chi connectivity index (χ0) is 14.9. The van der Waals surface area contributed by atoms with E-state index < -0.39 is 0 Å². The molecule has 0 saturated heterocycles. The van der Waals surface area contributed by atoms with Crippen molar-refractivity contribution >= 4 is 5.71 Å². The Bertz CT molecular complexity index is 736. The van der Waals surface area contributed by atoms with Crippen LogP contribution in [0, 0.1) is 11.8 Å². The van der Waals surface area contributed by atoms with Gasteiger partial charge in [0.05, 0.1) is 5.71 Å². The Balaban J connectivity index is 1.69. The molecule has 1 aliphatic heterocycles. The van der Waals surface area contributed by atoms with Gasteiger partial charge >= 0.3 is 0 Å². The molecule has 2 aromatic rings. The van der Waals surface area contributed by atoms with Crippen LogP contribution in [0.1, 0.15) is 25.3 Å². The molecule has 22 heavy (non-hydrogen) atoms. The Kier molecular flexibility index (Phi) is 3.42. The zero-order valence-electron chi connectivity index (χ0n) is 13.0. The van der Waals surface area contributed by atoms with Gasteiger partial charge in [0.2, 0.25) is 0 Å². The Morgan fingerprint density at radius 2 is 1.59 bits per heavy atom. The summed E-state index contributed by atoms with van der Waals surface area (Å²) < 4.78 is 0. The molecule has 0 spiro atoms. The monoisotopic (exact) mass is 287 g/mol. The van der Waals surface area contributed by atoms with Crippen LogP contribution >= 0.6 is 0 Å². The molecule has 0 N–H and O–H groups in total. The summed E-state index contributed by atoms with van der Waals surface area (Å²) in [5, 5.41) is 0. The quantitative estimate of drug-likeness (QED) is 0.742. The van der Waals surface area contributed by atoms with E-state index in [2.05, 4.69) is 67.6 Å². The van der Waals surface area contributed by atoms with Crippen molar-refractivity contribution in [3.63, 3.8) is 0 Å². The standard InChI is InChI=1S/C21H21N/c1-15-14-22-21(13-20(15)17-10-11-17)19-9-5-8-18(12-19)16-6-3-2-4-7-16/h2-9,12-13,15,17H,10-11,14H2,1H3. The first-order chi connectivity index (χ1) is 10.8. The summed E-state index contributed by atoms with van der Waals surface area (Å²) in [6.07, 6.45) is 5.09. The van der Waals surface area contributed by atoms with Crippen LogP contribution < -0.4 is 0 Å². The molecule has 0 aromatic heterocycles. The summed E-state index contributed by atoms with van der Waals surface area (Å²) in [6.45, 7) is 3.25. The van der Waals surface area contributed by atoms with Crippen LogP contribution in [0.4, 0.5) is 0 Å². The van der Waals surface area contributed by atoms with E-state index in [0.29, 0.717) is 5.92 Å². The maximum Gasteiger partial charge on any atom is 0.0646 e. The van der Waals surface area contributed by atoms with Gasteiger partial charge in [-0.2, -0.15) is 0 Å². The minimum absolute atomic E-state index is 0.619. The Hall–Kier alpha value is -2.15. The largest absolute Gasteiger partial charge is 0.284 e. The average Bonchev–Trinajstić information content (AvgIpc) is 3.41. The zero-order valence-corrected chi connectivity index (χ0v) is 13.0. The van der Waals surface area contributed by atoms with Gasteiger partial charge in [-0.25, -0.2) is 0 Å². The first-order valence-corrected chi connectivity index (χ1v) is 8.23. The highest BCUT2D eigenvalue weighted by atomic mass is 14.8. The second kappa shape index (κ2) is 5.57. The second-order valence-corrected chi connectivity index (χ2v) is 6.49. The van der Waals surface area contributed by atoms with Gasteiger partial charge in [0.1, 0.15) is 0 Å². The molecule has 1 unspecified atom stereocenters. The van der Waals surface area contributed by atoms with Crippen molar-refractivity contribution in [2.24, 2.45) is 16.8 Å². The van der Waals surface area contributed by atoms with Gasteiger partial charge in [0.25, 0.3) is 0 Å². The maximum atomic E-state index is 4.82. The van der Waals surface area contributed by atoms with E-state index in [1.54, 1.807) is 5.57 Å². The van der Waals surface area contributed by atoms with Crippen LogP contribution in [0.15, 0.2) is 71.2 Å². The highest BCUT2D eigenvalue weighted by Crippen LogP contribution is 2.41. The minimum Gasteiger partial charge on any atom is -0.284 e. The van der Waals surface area contributed by atoms with Crippen molar-refractivity contribution in [2.45, 2.75) is 19.8 Å². The van der Waals surface area contributed by atoms with E-state index in [9.17, 15) is 0 Å². The number of dihydropyridines is 1. The van der Waals surface area contributed by atoms with Crippen LogP contribution in [0.2, 0.25) is 0 Å². The molecule has 1 heteroatoms. The van der Waals surface area contributed by atoms with Crippen molar-refractivity contribution in [3.8, 4) is 11.1 Å². The van der Waals surface area contributed by atoms with Crippen LogP contribution in [-0.2, 0) is 0 Å². The van der Waals surface area contributed by atoms with Crippen LogP contribution in [0.25, 0.3) is 11.1 Å². The molecule has 0 bridgehead atoms. The van der Waals surface area contributed by atoms with Crippen molar-refractivity contribution in [1.29, 1.82) is 0 Å². The molecule has 2 aliphatic rings. The van der Waals surface area contributed by atoms with Gasteiger partial charge in [-0.1, -0.05) is 61.0 Å². The summed E-state index contributed by atoms with van der Waals surface area (Å²) >= 11 is 0. The van der Waals surface area contributed by atoms with Gasteiger partial charge in [-0.3, -0.25) is 4.99 Å². The predicted molar refractivity (Wildman–Crippen MR) is 93.3 cm³/mol. The van der Waals surface area contributed by atoms with Gasteiger partial charge in [-0.15, -0.1) is 0 Å². The van der Waals surface area contributed by atoms with Crippen molar-refractivity contribution in [3.05, 3.63) is 71.8 Å². The lowest BCUT2D eigenvalue weighted by Crippen LogP contribution is -2.15. The molecule has 4 rings (SSSR count). The minimum atomic E-state index is 0.619. The number of allylic oxidation sites excluding steroid dienone is 1. The van der Waals surface area contributed by atoms with E-state index in [0.717, 1.165) is 18.2 Å². The Morgan fingerprint density at radius 3 is 2.36 bits per heavy atom. The molecule has 2 aromatic carbocycles. The predicted octanol–water partition coefficient (Wildman–Crippen LogP) is 5.13. The van der Waals surface area contributed by atoms with Crippen LogP contribution in [0.3, 0.4) is 0 Å². The first-order valence-electron chi connectivity index (χ1n) is 8.23. The third-order valence-electron chi connectivity index (χ3n) is 4.72. The Labute approximate surface area is 132 Å². The lowest BCUT2D eigenvalue weighted by Gasteiger charge is -2.20. The molecule has 1 aliphatic carbocycles. The van der Waals surface area contributed by atoms with E-state index in [1.165, 1.54) is 29.5 Å². The molecule has 1 saturated carbocycles. The summed E-state index contributed by atoms with van der Waals surface area (Å²) in [5.41, 5.74) is 6.56. The van der Waals surface area contributed by atoms with Gasteiger partial charge in [-0.05, 0) is 47.9 Å². The molecule has 0 amide bonds. The van der Waals surface area contributed by atoms with E-state index in [1.807, 2.05) is 0 Å². The fourth-order valence-electron chi connectivity index (χ4n) is 3.29. The first kappa shape index (κ1) is 13.5. The topological polar surface area (TPSA) is 12.4 Å². The number of rotatable bonds is 3. The molecule has 1 fully saturated rings. The number of benzene rings is 2. The third kappa shape index (κ3) is 2.64. The smallest absolute Gasteiger partial charge is 0.0646 e. The van der Waals surface area contributed by atoms with Crippen LogP contribution in [-0.4, -0.2) is 12.3 Å². The molecule has 1 nitrogen and oxygen atoms in total. The third-order valence-corrected chi connectivity index (χ3v) is 4.72. The molecular weight excluding hydrogens is 266 g/mol. The number of nitrogens with zero attached hydrogens (tertiary/aromatic N) is 1. The van der Waals surface area contributed by atoms with Crippen LogP contribution in [0.5, 0.6) is 0 Å². The SMILES string of the molecule is CC1CN=C(c2cccc(-c3ccccc3)c2)C=C1C1CC1. The maximum absolute atomic E-state index is 4.82. The van der Waals surface area contributed by atoms with E-state index in [-0.39, 0.29) is 0 Å². The van der Waals surface area contributed by atoms with Gasteiger partial charge in [0, 0.05) is 12.1 Å². The molecule has 110 valence electrons. The second-order valence-electron chi connectivity index (χ2n) is 6.49. The lowest BCUT2D eigenvalue weighted by molar-refractivity contribution is 0.643. The summed E-state index contributed by atoms with van der Waals surface area (Å²) in [7, 11) is 0. The van der Waals surface area contributed by atoms with Crippen molar-refractivity contribution < 1.29 is 0 Å². The normalized spacial score (nSPS) is 21.2. The molecule has 0 radical (unpaired) electrons. The fourth-order valence-corrected chi connectivity index (χ4v) is 3.29.